The number of nitrogens with zero attached hydrogens (tertiary/aromatic N) is 1. The van der Waals surface area contributed by atoms with Gasteiger partial charge in [0.1, 0.15) is 5.75 Å². The van der Waals surface area contributed by atoms with Crippen LogP contribution in [0.3, 0.4) is 0 Å². The van der Waals surface area contributed by atoms with Crippen molar-refractivity contribution in [2.24, 2.45) is 0 Å². The molecule has 0 bridgehead atoms. The Balaban J connectivity index is 1.75. The van der Waals surface area contributed by atoms with Crippen LogP contribution in [-0.2, 0) is 14.8 Å². The summed E-state index contributed by atoms with van der Waals surface area (Å²) in [6.07, 6.45) is 1.84. The topological polar surface area (TPSA) is 75.7 Å². The Morgan fingerprint density at radius 1 is 1.14 bits per heavy atom. The lowest BCUT2D eigenvalue weighted by Gasteiger charge is -2.22. The normalized spacial score (nSPS) is 11.1. The highest BCUT2D eigenvalue weighted by Gasteiger charge is 2.17. The largest absolute Gasteiger partial charge is 0.497 e. The maximum atomic E-state index is 12.1. The molecular formula is C20H25ClN2O4S2. The van der Waals surface area contributed by atoms with Gasteiger partial charge in [-0.15, -0.1) is 11.8 Å². The van der Waals surface area contributed by atoms with Crippen molar-refractivity contribution < 1.29 is 17.9 Å². The Labute approximate surface area is 181 Å². The molecular weight excluding hydrogens is 432 g/mol. The molecule has 0 fully saturated rings. The highest BCUT2D eigenvalue weighted by atomic mass is 35.5. The minimum absolute atomic E-state index is 0.0927. The Hall–Kier alpha value is -1.90. The smallest absolute Gasteiger partial charge is 0.232 e. The zero-order valence-electron chi connectivity index (χ0n) is 16.4. The number of hydrogen-bond donors (Lipinski definition) is 1. The van der Waals surface area contributed by atoms with Crippen LogP contribution < -0.4 is 14.4 Å². The van der Waals surface area contributed by atoms with Crippen molar-refractivity contribution in [3.63, 3.8) is 0 Å². The number of sulfonamides is 1. The molecule has 0 radical (unpaired) electrons. The van der Waals surface area contributed by atoms with Gasteiger partial charge in [-0.2, -0.15) is 0 Å². The van der Waals surface area contributed by atoms with E-state index >= 15 is 0 Å². The number of thioether (sulfide) groups is 1. The van der Waals surface area contributed by atoms with Crippen LogP contribution in [0.2, 0.25) is 5.02 Å². The molecule has 2 rings (SSSR count). The molecule has 2 aromatic carbocycles. The third kappa shape index (κ3) is 8.16. The van der Waals surface area contributed by atoms with Gasteiger partial charge in [0.2, 0.25) is 15.9 Å². The van der Waals surface area contributed by atoms with Gasteiger partial charge in [-0.3, -0.25) is 9.10 Å². The molecule has 1 N–H and O–H groups in total. The number of carbonyl (C=O) groups excluding carboxylic acids is 1. The standard InChI is InChI=1S/C20H25ClN2O4S2/c1-27-18-9-7-17(8-10-18)23(29(2,25)26)14-3-4-20(24)22-13-15-28-19-11-5-16(21)6-12-19/h5-12H,3-4,13-15H2,1-2H3,(H,22,24). The van der Waals surface area contributed by atoms with Crippen molar-refractivity contribution in [3.05, 3.63) is 53.6 Å². The van der Waals surface area contributed by atoms with Crippen LogP contribution in [0.4, 0.5) is 5.69 Å². The fourth-order valence-corrected chi connectivity index (χ4v) is 4.46. The first-order valence-electron chi connectivity index (χ1n) is 9.06. The number of amides is 1. The number of halogens is 1. The summed E-state index contributed by atoms with van der Waals surface area (Å²) in [5.74, 6) is 1.30. The fourth-order valence-electron chi connectivity index (χ4n) is 2.60. The summed E-state index contributed by atoms with van der Waals surface area (Å²) in [6, 6.07) is 14.3. The summed E-state index contributed by atoms with van der Waals surface area (Å²) in [4.78, 5) is 13.1. The van der Waals surface area contributed by atoms with E-state index in [2.05, 4.69) is 5.32 Å². The van der Waals surface area contributed by atoms with Gasteiger partial charge in [0, 0.05) is 35.2 Å². The molecule has 2 aromatic rings. The highest BCUT2D eigenvalue weighted by molar-refractivity contribution is 7.99. The average molecular weight is 457 g/mol. The Kier molecular flexibility index (Phi) is 9.13. The van der Waals surface area contributed by atoms with Crippen LogP contribution >= 0.6 is 23.4 Å². The zero-order valence-corrected chi connectivity index (χ0v) is 18.8. The molecule has 0 saturated carbocycles. The number of carbonyl (C=O) groups is 1. The van der Waals surface area contributed by atoms with Gasteiger partial charge in [-0.25, -0.2) is 8.42 Å². The molecule has 0 atom stereocenters. The molecule has 0 aliphatic carbocycles. The second-order valence-corrected chi connectivity index (χ2v) is 9.80. The summed E-state index contributed by atoms with van der Waals surface area (Å²) in [7, 11) is -1.89. The number of rotatable bonds is 11. The van der Waals surface area contributed by atoms with Gasteiger partial charge in [-0.1, -0.05) is 11.6 Å². The van der Waals surface area contributed by atoms with Crippen LogP contribution in [0.15, 0.2) is 53.4 Å². The lowest BCUT2D eigenvalue weighted by Crippen LogP contribution is -2.32. The molecule has 0 aromatic heterocycles. The summed E-state index contributed by atoms with van der Waals surface area (Å²) < 4.78 is 30.6. The average Bonchev–Trinajstić information content (AvgIpc) is 2.69. The molecule has 9 heteroatoms. The first-order valence-corrected chi connectivity index (χ1v) is 12.3. The van der Waals surface area contributed by atoms with Gasteiger partial charge >= 0.3 is 0 Å². The maximum Gasteiger partial charge on any atom is 0.232 e. The van der Waals surface area contributed by atoms with Gasteiger partial charge in [0.25, 0.3) is 0 Å². The predicted octanol–water partition coefficient (Wildman–Crippen LogP) is 3.80. The predicted molar refractivity (Wildman–Crippen MR) is 120 cm³/mol. The van der Waals surface area contributed by atoms with Crippen LogP contribution in [0.25, 0.3) is 0 Å². The number of nitrogens with one attached hydrogen (secondary N) is 1. The third-order valence-corrected chi connectivity index (χ3v) is 6.49. The third-order valence-electron chi connectivity index (χ3n) is 4.03. The van der Waals surface area contributed by atoms with Crippen LogP contribution in [0.1, 0.15) is 12.8 Å². The monoisotopic (exact) mass is 456 g/mol. The van der Waals surface area contributed by atoms with Crippen LogP contribution in [0, 0.1) is 0 Å². The number of methoxy groups -OCH3 is 1. The van der Waals surface area contributed by atoms with Gasteiger partial charge in [-0.05, 0) is 55.0 Å². The summed E-state index contributed by atoms with van der Waals surface area (Å²) >= 11 is 7.49. The number of anilines is 1. The second-order valence-electron chi connectivity index (χ2n) is 6.29. The van der Waals surface area contributed by atoms with Crippen molar-refractivity contribution in [2.75, 3.05) is 36.5 Å². The SMILES string of the molecule is COc1ccc(N(CCCC(=O)NCCSc2ccc(Cl)cc2)S(C)(=O)=O)cc1. The Bertz CT molecular complexity index is 888. The quantitative estimate of drug-likeness (QED) is 0.411. The minimum Gasteiger partial charge on any atom is -0.497 e. The second kappa shape index (κ2) is 11.3. The minimum atomic E-state index is -3.44. The van der Waals surface area contributed by atoms with Gasteiger partial charge < -0.3 is 10.1 Å². The summed E-state index contributed by atoms with van der Waals surface area (Å²) in [5, 5.41) is 3.56. The van der Waals surface area contributed by atoms with Crippen LogP contribution in [-0.4, -0.2) is 46.5 Å². The van der Waals surface area contributed by atoms with E-state index in [1.54, 1.807) is 43.1 Å². The van der Waals surface area contributed by atoms with E-state index in [1.807, 2.05) is 24.3 Å². The van der Waals surface area contributed by atoms with E-state index < -0.39 is 10.0 Å². The lowest BCUT2D eigenvalue weighted by atomic mass is 10.2. The fraction of sp³-hybridized carbons (Fsp3) is 0.350. The van der Waals surface area contributed by atoms with Crippen molar-refractivity contribution >= 4 is 45.0 Å². The van der Waals surface area contributed by atoms with E-state index in [9.17, 15) is 13.2 Å². The molecule has 0 aliphatic heterocycles. The van der Waals surface area contributed by atoms with Crippen molar-refractivity contribution in [1.82, 2.24) is 5.32 Å². The summed E-state index contributed by atoms with van der Waals surface area (Å²) in [5.41, 5.74) is 0.549. The van der Waals surface area contributed by atoms with E-state index in [4.69, 9.17) is 16.3 Å². The Morgan fingerprint density at radius 2 is 1.79 bits per heavy atom. The number of ether oxygens (including phenoxy) is 1. The van der Waals surface area contributed by atoms with Gasteiger partial charge in [0.15, 0.2) is 0 Å². The van der Waals surface area contributed by atoms with Crippen molar-refractivity contribution in [1.29, 1.82) is 0 Å². The van der Waals surface area contributed by atoms with E-state index in [1.165, 1.54) is 4.31 Å². The van der Waals surface area contributed by atoms with E-state index in [0.29, 0.717) is 29.4 Å². The number of hydrogen-bond acceptors (Lipinski definition) is 5. The summed E-state index contributed by atoms with van der Waals surface area (Å²) in [6.45, 7) is 0.776. The zero-order chi connectivity index (χ0) is 21.3. The van der Waals surface area contributed by atoms with Gasteiger partial charge in [0.05, 0.1) is 19.1 Å². The Morgan fingerprint density at radius 3 is 2.38 bits per heavy atom. The number of benzene rings is 2. The highest BCUT2D eigenvalue weighted by Crippen LogP contribution is 2.22. The molecule has 29 heavy (non-hydrogen) atoms. The molecule has 0 heterocycles. The van der Waals surface area contributed by atoms with E-state index in [-0.39, 0.29) is 18.9 Å². The maximum absolute atomic E-state index is 12.1. The lowest BCUT2D eigenvalue weighted by molar-refractivity contribution is -0.121. The molecule has 0 aliphatic rings. The first kappa shape index (κ1) is 23.4. The molecule has 0 spiro atoms. The van der Waals surface area contributed by atoms with Crippen LogP contribution in [0.5, 0.6) is 5.75 Å². The molecule has 0 saturated heterocycles. The van der Waals surface area contributed by atoms with Crippen molar-refractivity contribution in [2.45, 2.75) is 17.7 Å². The van der Waals surface area contributed by atoms with Crippen molar-refractivity contribution in [3.8, 4) is 5.75 Å². The first-order chi connectivity index (χ1) is 13.8. The van der Waals surface area contributed by atoms with E-state index in [0.717, 1.165) is 16.9 Å². The molecule has 6 nitrogen and oxygen atoms in total. The molecule has 158 valence electrons. The molecule has 1 amide bonds. The molecule has 0 unspecified atom stereocenters.